The number of hydrogen-bond acceptors (Lipinski definition) is 6. The van der Waals surface area contributed by atoms with Crippen LogP contribution in [0.4, 0.5) is 5.95 Å². The van der Waals surface area contributed by atoms with Crippen molar-refractivity contribution in [3.63, 3.8) is 0 Å². The van der Waals surface area contributed by atoms with E-state index in [-0.39, 0.29) is 24.0 Å². The molecule has 3 rings (SSSR count). The second kappa shape index (κ2) is 4.43. The Kier molecular flexibility index (Phi) is 2.84. The van der Waals surface area contributed by atoms with Crippen LogP contribution in [0.1, 0.15) is 13.2 Å². The van der Waals surface area contributed by atoms with Gasteiger partial charge >= 0.3 is 0 Å². The van der Waals surface area contributed by atoms with Gasteiger partial charge in [0, 0.05) is 5.92 Å². The molecule has 106 valence electrons. The predicted molar refractivity (Wildman–Crippen MR) is 71.9 cm³/mol. The molecular formula is C12H15N5O3. The van der Waals surface area contributed by atoms with Crippen LogP contribution in [0.2, 0.25) is 0 Å². The third kappa shape index (κ3) is 1.73. The molecule has 20 heavy (non-hydrogen) atoms. The van der Waals surface area contributed by atoms with Gasteiger partial charge in [-0.2, -0.15) is 4.98 Å². The minimum Gasteiger partial charge on any atom is -0.393 e. The van der Waals surface area contributed by atoms with Crippen molar-refractivity contribution in [1.82, 2.24) is 19.5 Å². The Morgan fingerprint density at radius 2 is 2.40 bits per heavy atom. The van der Waals surface area contributed by atoms with Crippen molar-refractivity contribution < 1.29 is 9.84 Å². The van der Waals surface area contributed by atoms with Crippen LogP contribution in [0.25, 0.3) is 11.2 Å². The average molecular weight is 277 g/mol. The Labute approximate surface area is 113 Å². The zero-order valence-electron chi connectivity index (χ0n) is 10.9. The summed E-state index contributed by atoms with van der Waals surface area (Å²) in [5.74, 6) is -0.0145. The number of nitrogens with one attached hydrogen (secondary N) is 1. The first-order chi connectivity index (χ1) is 9.52. The predicted octanol–water partition coefficient (Wildman–Crippen LogP) is -0.216. The van der Waals surface area contributed by atoms with Crippen molar-refractivity contribution in [1.29, 1.82) is 0 Å². The molecule has 0 spiro atoms. The Morgan fingerprint density at radius 3 is 3.05 bits per heavy atom. The molecule has 0 saturated carbocycles. The van der Waals surface area contributed by atoms with E-state index < -0.39 is 17.9 Å². The number of imidazole rings is 1. The fourth-order valence-corrected chi connectivity index (χ4v) is 2.45. The summed E-state index contributed by atoms with van der Waals surface area (Å²) >= 11 is 0. The van der Waals surface area contributed by atoms with E-state index in [1.807, 2.05) is 6.92 Å². The molecule has 1 aliphatic rings. The molecule has 3 atom stereocenters. The van der Waals surface area contributed by atoms with E-state index in [1.54, 1.807) is 4.57 Å². The number of H-pyrrole nitrogens is 1. The first-order valence-corrected chi connectivity index (χ1v) is 6.20. The molecule has 0 bridgehead atoms. The van der Waals surface area contributed by atoms with Crippen LogP contribution in [-0.2, 0) is 4.74 Å². The average Bonchev–Trinajstić information content (AvgIpc) is 2.93. The lowest BCUT2D eigenvalue weighted by atomic mass is 10.0. The van der Waals surface area contributed by atoms with Gasteiger partial charge < -0.3 is 15.6 Å². The van der Waals surface area contributed by atoms with Crippen molar-refractivity contribution >= 4 is 17.1 Å². The third-order valence-electron chi connectivity index (χ3n) is 3.62. The molecule has 1 fully saturated rings. The van der Waals surface area contributed by atoms with Crippen LogP contribution in [0.15, 0.2) is 23.3 Å². The Bertz CT molecular complexity index is 734. The number of aromatic amines is 1. The van der Waals surface area contributed by atoms with Crippen LogP contribution in [-0.4, -0.2) is 37.3 Å². The zero-order valence-corrected chi connectivity index (χ0v) is 10.9. The molecular weight excluding hydrogens is 262 g/mol. The van der Waals surface area contributed by atoms with Crippen LogP contribution >= 0.6 is 0 Å². The van der Waals surface area contributed by atoms with Gasteiger partial charge in [-0.3, -0.25) is 14.3 Å². The maximum atomic E-state index is 11.7. The number of hydrogen-bond donors (Lipinski definition) is 3. The van der Waals surface area contributed by atoms with E-state index in [2.05, 4.69) is 21.5 Å². The van der Waals surface area contributed by atoms with Crippen molar-refractivity contribution in [3.05, 3.63) is 28.8 Å². The minimum atomic E-state index is -0.424. The number of aliphatic hydroxyl groups excluding tert-OH is 1. The molecule has 1 saturated heterocycles. The van der Waals surface area contributed by atoms with E-state index in [1.165, 1.54) is 6.33 Å². The highest BCUT2D eigenvalue weighted by Gasteiger charge is 2.37. The summed E-state index contributed by atoms with van der Waals surface area (Å²) < 4.78 is 7.39. The quantitative estimate of drug-likeness (QED) is 0.653. The van der Waals surface area contributed by atoms with Gasteiger partial charge in [-0.1, -0.05) is 13.5 Å². The van der Waals surface area contributed by atoms with Gasteiger partial charge in [0.15, 0.2) is 11.2 Å². The van der Waals surface area contributed by atoms with E-state index in [4.69, 9.17) is 10.5 Å². The fourth-order valence-electron chi connectivity index (χ4n) is 2.45. The van der Waals surface area contributed by atoms with Crippen LogP contribution in [0, 0.1) is 5.92 Å². The van der Waals surface area contributed by atoms with Gasteiger partial charge in [0.25, 0.3) is 5.56 Å². The van der Waals surface area contributed by atoms with E-state index >= 15 is 0 Å². The summed E-state index contributed by atoms with van der Waals surface area (Å²) in [6.07, 6.45) is 0.644. The molecule has 3 unspecified atom stereocenters. The van der Waals surface area contributed by atoms with Gasteiger partial charge in [0.2, 0.25) is 5.95 Å². The highest BCUT2D eigenvalue weighted by Crippen LogP contribution is 2.38. The standard InChI is InChI=1S/C12H15N5O3/c1-5-6(2)11(20-7(5)3-18)17-4-14-8-9(17)15-12(13)16-10(8)19/h4,6-7,11,18H,1,3H2,2H3,(H3,13,15,16,19). The largest absolute Gasteiger partial charge is 0.393 e. The molecule has 0 amide bonds. The molecule has 4 N–H and O–H groups in total. The molecule has 8 heteroatoms. The molecule has 0 aromatic carbocycles. The van der Waals surface area contributed by atoms with Crippen LogP contribution in [0.5, 0.6) is 0 Å². The lowest BCUT2D eigenvalue weighted by molar-refractivity contribution is -0.0260. The van der Waals surface area contributed by atoms with Gasteiger partial charge in [-0.25, -0.2) is 4.98 Å². The fraction of sp³-hybridized carbons (Fsp3) is 0.417. The number of ether oxygens (including phenoxy) is 1. The smallest absolute Gasteiger partial charge is 0.280 e. The number of nitrogens with zero attached hydrogens (tertiary/aromatic N) is 3. The zero-order chi connectivity index (χ0) is 14.4. The summed E-state index contributed by atoms with van der Waals surface area (Å²) in [6.45, 7) is 5.73. The number of aromatic nitrogens is 4. The highest BCUT2D eigenvalue weighted by atomic mass is 16.5. The number of anilines is 1. The van der Waals surface area contributed by atoms with Crippen LogP contribution < -0.4 is 11.3 Å². The Balaban J connectivity index is 2.12. The van der Waals surface area contributed by atoms with Crippen molar-refractivity contribution in [3.8, 4) is 0 Å². The second-order valence-corrected chi connectivity index (χ2v) is 4.84. The van der Waals surface area contributed by atoms with Gasteiger partial charge in [-0.05, 0) is 5.57 Å². The molecule has 1 aliphatic heterocycles. The third-order valence-corrected chi connectivity index (χ3v) is 3.62. The molecule has 2 aromatic rings. The summed E-state index contributed by atoms with van der Waals surface area (Å²) in [7, 11) is 0. The summed E-state index contributed by atoms with van der Waals surface area (Å²) in [4.78, 5) is 22.3. The summed E-state index contributed by atoms with van der Waals surface area (Å²) in [5.41, 5.74) is 6.53. The molecule has 0 radical (unpaired) electrons. The summed E-state index contributed by atoms with van der Waals surface area (Å²) in [5, 5.41) is 9.27. The first kappa shape index (κ1) is 12.8. The van der Waals surface area contributed by atoms with Crippen molar-refractivity contribution in [2.24, 2.45) is 5.92 Å². The van der Waals surface area contributed by atoms with Crippen LogP contribution in [0.3, 0.4) is 0 Å². The molecule has 0 aliphatic carbocycles. The number of fused-ring (bicyclic) bond motifs is 1. The van der Waals surface area contributed by atoms with E-state index in [0.717, 1.165) is 5.57 Å². The lowest BCUT2D eigenvalue weighted by Gasteiger charge is -2.16. The van der Waals surface area contributed by atoms with Gasteiger partial charge in [-0.15, -0.1) is 0 Å². The topological polar surface area (TPSA) is 119 Å². The summed E-state index contributed by atoms with van der Waals surface area (Å²) in [6, 6.07) is 0. The Morgan fingerprint density at radius 1 is 1.65 bits per heavy atom. The lowest BCUT2D eigenvalue weighted by Crippen LogP contribution is -2.17. The monoisotopic (exact) mass is 277 g/mol. The number of rotatable bonds is 2. The minimum absolute atomic E-state index is 0.0208. The maximum absolute atomic E-state index is 11.7. The maximum Gasteiger partial charge on any atom is 0.280 e. The molecule has 8 nitrogen and oxygen atoms in total. The normalized spacial score (nSPS) is 26.5. The van der Waals surface area contributed by atoms with Crippen molar-refractivity contribution in [2.45, 2.75) is 19.3 Å². The van der Waals surface area contributed by atoms with E-state index in [0.29, 0.717) is 5.65 Å². The van der Waals surface area contributed by atoms with Gasteiger partial charge in [0.05, 0.1) is 12.9 Å². The second-order valence-electron chi connectivity index (χ2n) is 4.84. The van der Waals surface area contributed by atoms with Gasteiger partial charge in [0.1, 0.15) is 12.3 Å². The molecule has 3 heterocycles. The number of aliphatic hydroxyl groups is 1. The first-order valence-electron chi connectivity index (χ1n) is 6.20. The SMILES string of the molecule is C=C1C(CO)OC(n2cnc3c(=O)[nH]c(N)nc32)C1C. The Hall–Kier alpha value is -2.19. The molecule has 2 aromatic heterocycles. The van der Waals surface area contributed by atoms with Crippen molar-refractivity contribution in [2.75, 3.05) is 12.3 Å². The highest BCUT2D eigenvalue weighted by molar-refractivity contribution is 5.70. The van der Waals surface area contributed by atoms with E-state index in [9.17, 15) is 9.90 Å². The number of nitrogen functional groups attached to an aromatic ring is 1. The number of nitrogens with two attached hydrogens (primary N) is 1.